The van der Waals surface area contributed by atoms with Gasteiger partial charge >= 0.3 is 5.69 Å². The van der Waals surface area contributed by atoms with Gasteiger partial charge < -0.3 is 9.84 Å². The van der Waals surface area contributed by atoms with Gasteiger partial charge in [0, 0.05) is 28.8 Å². The van der Waals surface area contributed by atoms with E-state index in [4.69, 9.17) is 4.74 Å². The molecule has 0 bridgehead atoms. The molecule has 0 radical (unpaired) electrons. The van der Waals surface area contributed by atoms with Crippen molar-refractivity contribution in [2.24, 2.45) is 0 Å². The summed E-state index contributed by atoms with van der Waals surface area (Å²) in [5.41, 5.74) is -0.385. The van der Waals surface area contributed by atoms with Gasteiger partial charge in [0.15, 0.2) is 0 Å². The van der Waals surface area contributed by atoms with Crippen LogP contribution in [0.4, 0.5) is 0 Å². The number of aliphatic hydroxyl groups excluding tert-OH is 1. The van der Waals surface area contributed by atoms with E-state index in [-0.39, 0.29) is 11.7 Å². The van der Waals surface area contributed by atoms with E-state index in [2.05, 4.69) is 36.8 Å². The lowest BCUT2D eigenvalue weighted by Crippen LogP contribution is -2.34. The van der Waals surface area contributed by atoms with E-state index < -0.39 is 18.0 Å². The second-order valence-electron chi connectivity index (χ2n) is 4.35. The molecule has 0 amide bonds. The Morgan fingerprint density at radius 1 is 1.47 bits per heavy atom. The molecule has 0 aromatic carbocycles. The average Bonchev–Trinajstić information content (AvgIpc) is 2.74. The first-order valence-corrected chi connectivity index (χ1v) is 8.11. The largest absolute Gasteiger partial charge is 0.390 e. The van der Waals surface area contributed by atoms with Crippen LogP contribution in [-0.4, -0.2) is 37.5 Å². The third-order valence-corrected chi connectivity index (χ3v) is 4.11. The second-order valence-corrected chi connectivity index (χ2v) is 5.79. The molecule has 1 aliphatic rings. The number of aryl methyl sites for hydroxylation is 1. The summed E-state index contributed by atoms with van der Waals surface area (Å²) in [5, 5.41) is 10.9. The van der Waals surface area contributed by atoms with Crippen LogP contribution >= 0.6 is 31.9 Å². The maximum atomic E-state index is 11.8. The average molecular weight is 398 g/mol. The fourth-order valence-electron chi connectivity index (χ4n) is 2.05. The van der Waals surface area contributed by atoms with Gasteiger partial charge in [-0.1, -0.05) is 31.9 Å². The molecule has 6 nitrogen and oxygen atoms in total. The normalized spacial score (nSPS) is 26.8. The van der Waals surface area contributed by atoms with E-state index in [9.17, 15) is 14.7 Å². The lowest BCUT2D eigenvalue weighted by atomic mass is 10.2. The molecule has 1 saturated heterocycles. The number of H-pyrrole nitrogens is 1. The predicted octanol–water partition coefficient (Wildman–Crippen LogP) is 0.517. The molecule has 0 aliphatic carbocycles. The van der Waals surface area contributed by atoms with Gasteiger partial charge in [0.1, 0.15) is 6.23 Å². The minimum Gasteiger partial charge on any atom is -0.390 e. The lowest BCUT2D eigenvalue weighted by molar-refractivity contribution is -0.00706. The minimum absolute atomic E-state index is 0.329. The monoisotopic (exact) mass is 396 g/mol. The number of alkyl halides is 2. The Balaban J connectivity index is 2.33. The third-order valence-electron chi connectivity index (χ3n) is 3.07. The number of ether oxygens (including phenoxy) is 1. The number of hydrogen-bond donors (Lipinski definition) is 2. The Morgan fingerprint density at radius 3 is 2.79 bits per heavy atom. The molecule has 1 aromatic rings. The number of aromatic nitrogens is 2. The van der Waals surface area contributed by atoms with Crippen LogP contribution in [0.1, 0.15) is 18.2 Å². The van der Waals surface area contributed by atoms with Crippen LogP contribution < -0.4 is 11.2 Å². The molecule has 1 aliphatic heterocycles. The van der Waals surface area contributed by atoms with Crippen LogP contribution in [0.15, 0.2) is 15.8 Å². The van der Waals surface area contributed by atoms with Crippen molar-refractivity contribution in [1.82, 2.24) is 9.55 Å². The molecular formula is C11H14Br2N2O4. The summed E-state index contributed by atoms with van der Waals surface area (Å²) in [5.74, 6) is 0. The van der Waals surface area contributed by atoms with Gasteiger partial charge in [0.2, 0.25) is 0 Å². The van der Waals surface area contributed by atoms with E-state index in [1.165, 1.54) is 10.8 Å². The molecule has 1 aromatic heterocycles. The highest BCUT2D eigenvalue weighted by atomic mass is 79.9. The number of hydrogen-bond acceptors (Lipinski definition) is 4. The summed E-state index contributed by atoms with van der Waals surface area (Å²) in [4.78, 5) is 25.7. The summed E-state index contributed by atoms with van der Waals surface area (Å²) < 4.78 is 6.93. The molecule has 3 atom stereocenters. The number of aliphatic hydroxyl groups is 1. The summed E-state index contributed by atoms with van der Waals surface area (Å²) in [6.07, 6.45) is 0.848. The van der Waals surface area contributed by atoms with Gasteiger partial charge in [0.25, 0.3) is 5.56 Å². The highest BCUT2D eigenvalue weighted by Gasteiger charge is 2.34. The summed E-state index contributed by atoms with van der Waals surface area (Å²) in [7, 11) is 0. The summed E-state index contributed by atoms with van der Waals surface area (Å²) in [6.45, 7) is 0. The first kappa shape index (κ1) is 15.0. The first-order valence-electron chi connectivity index (χ1n) is 5.86. The van der Waals surface area contributed by atoms with E-state index >= 15 is 0 Å². The maximum Gasteiger partial charge on any atom is 0.330 e. The van der Waals surface area contributed by atoms with Crippen LogP contribution in [0.2, 0.25) is 0 Å². The van der Waals surface area contributed by atoms with E-state index in [0.29, 0.717) is 29.1 Å². The van der Waals surface area contributed by atoms with Crippen molar-refractivity contribution < 1.29 is 9.84 Å². The molecule has 1 fully saturated rings. The number of rotatable bonds is 4. The number of halogens is 2. The van der Waals surface area contributed by atoms with Crippen molar-refractivity contribution in [3.63, 3.8) is 0 Å². The smallest absolute Gasteiger partial charge is 0.330 e. The van der Waals surface area contributed by atoms with E-state index in [1.807, 2.05) is 0 Å². The summed E-state index contributed by atoms with van der Waals surface area (Å²) >= 11 is 6.51. The van der Waals surface area contributed by atoms with Crippen LogP contribution in [0.25, 0.3) is 0 Å². The fraction of sp³-hybridized carbons (Fsp3) is 0.636. The van der Waals surface area contributed by atoms with Crippen molar-refractivity contribution in [1.29, 1.82) is 0 Å². The molecular weight excluding hydrogens is 384 g/mol. The van der Waals surface area contributed by atoms with Crippen LogP contribution in [-0.2, 0) is 11.2 Å². The lowest BCUT2D eigenvalue weighted by Gasteiger charge is -2.15. The van der Waals surface area contributed by atoms with Crippen molar-refractivity contribution in [3.8, 4) is 0 Å². The SMILES string of the molecule is O=c1[nH]c(=O)n([C@H]2C[C@H](O)[C@@H](CBr)O2)cc1CCBr. The van der Waals surface area contributed by atoms with Gasteiger partial charge in [-0.15, -0.1) is 0 Å². The predicted molar refractivity (Wildman–Crippen MR) is 77.1 cm³/mol. The van der Waals surface area contributed by atoms with Gasteiger partial charge in [0.05, 0.1) is 12.2 Å². The zero-order valence-electron chi connectivity index (χ0n) is 10.0. The van der Waals surface area contributed by atoms with Crippen LogP contribution in [0.5, 0.6) is 0 Å². The number of nitrogens with one attached hydrogen (secondary N) is 1. The van der Waals surface area contributed by atoms with Crippen molar-refractivity contribution >= 4 is 31.9 Å². The Kier molecular flexibility index (Phi) is 4.99. The Bertz CT molecular complexity index is 556. The van der Waals surface area contributed by atoms with Gasteiger partial charge in [-0.2, -0.15) is 0 Å². The Morgan fingerprint density at radius 2 is 2.21 bits per heavy atom. The van der Waals surface area contributed by atoms with Crippen LogP contribution in [0, 0.1) is 0 Å². The van der Waals surface area contributed by atoms with Crippen molar-refractivity contribution in [2.45, 2.75) is 31.3 Å². The van der Waals surface area contributed by atoms with Crippen LogP contribution in [0.3, 0.4) is 0 Å². The topological polar surface area (TPSA) is 84.3 Å². The van der Waals surface area contributed by atoms with Crippen molar-refractivity contribution in [3.05, 3.63) is 32.6 Å². The number of nitrogens with zero attached hydrogens (tertiary/aromatic N) is 1. The first-order chi connectivity index (χ1) is 9.06. The molecule has 0 spiro atoms. The molecule has 2 rings (SSSR count). The van der Waals surface area contributed by atoms with Crippen molar-refractivity contribution in [2.75, 3.05) is 10.7 Å². The zero-order chi connectivity index (χ0) is 14.0. The Hall–Kier alpha value is -0.440. The molecule has 2 heterocycles. The molecule has 0 unspecified atom stereocenters. The standard InChI is InChI=1S/C11H14Br2N2O4/c12-2-1-6-5-15(11(18)14-10(6)17)9-3-7(16)8(4-13)19-9/h5,7-9,16H,1-4H2,(H,14,17,18)/t7-,8+,9+/m0/s1. The second kappa shape index (κ2) is 6.34. The molecule has 19 heavy (non-hydrogen) atoms. The van der Waals surface area contributed by atoms with E-state index in [1.54, 1.807) is 0 Å². The highest BCUT2D eigenvalue weighted by molar-refractivity contribution is 9.09. The molecule has 8 heteroatoms. The molecule has 106 valence electrons. The Labute approximate surface area is 126 Å². The van der Waals surface area contributed by atoms with Gasteiger partial charge in [-0.05, 0) is 6.42 Å². The van der Waals surface area contributed by atoms with Gasteiger partial charge in [-0.25, -0.2) is 4.79 Å². The molecule has 2 N–H and O–H groups in total. The minimum atomic E-state index is -0.622. The fourth-order valence-corrected chi connectivity index (χ4v) is 3.06. The quantitative estimate of drug-likeness (QED) is 0.725. The third kappa shape index (κ3) is 3.18. The highest BCUT2D eigenvalue weighted by Crippen LogP contribution is 2.28. The zero-order valence-corrected chi connectivity index (χ0v) is 13.2. The van der Waals surface area contributed by atoms with E-state index in [0.717, 1.165) is 0 Å². The maximum absolute atomic E-state index is 11.8. The number of aromatic amines is 1. The van der Waals surface area contributed by atoms with Gasteiger partial charge in [-0.3, -0.25) is 14.3 Å². The molecule has 0 saturated carbocycles. The summed E-state index contributed by atoms with van der Waals surface area (Å²) in [6, 6.07) is 0.